The Morgan fingerprint density at radius 2 is 1.50 bits per heavy atom. The van der Waals surface area contributed by atoms with Crippen molar-refractivity contribution in [1.29, 1.82) is 0 Å². The highest BCUT2D eigenvalue weighted by Gasteiger charge is 2.13. The molecule has 20 heavy (non-hydrogen) atoms. The minimum Gasteiger partial charge on any atom is -0.309 e. The average molecular weight is 332 g/mol. The Morgan fingerprint density at radius 1 is 0.900 bits per heavy atom. The summed E-state index contributed by atoms with van der Waals surface area (Å²) in [6.07, 6.45) is 0. The number of rotatable bonds is 4. The molecule has 2 heteroatoms. The van der Waals surface area contributed by atoms with E-state index in [2.05, 4.69) is 84.5 Å². The van der Waals surface area contributed by atoms with Crippen LogP contribution in [0.1, 0.15) is 48.1 Å². The molecule has 106 valence electrons. The van der Waals surface area contributed by atoms with Crippen LogP contribution in [0.15, 0.2) is 46.9 Å². The Labute approximate surface area is 130 Å². The molecule has 0 aliphatic carbocycles. The standard InChI is InChI=1S/C18H22BrN/c1-12(2)14-5-7-15(8-6-14)18(20-4)16-9-13(3)10-17(19)11-16/h5-12,18,20H,1-4H3. The second-order valence-electron chi connectivity index (χ2n) is 5.60. The van der Waals surface area contributed by atoms with Gasteiger partial charge in [-0.25, -0.2) is 0 Å². The van der Waals surface area contributed by atoms with Crippen molar-refractivity contribution in [1.82, 2.24) is 5.32 Å². The van der Waals surface area contributed by atoms with Gasteiger partial charge in [-0.3, -0.25) is 0 Å². The molecule has 0 heterocycles. The fraction of sp³-hybridized carbons (Fsp3) is 0.333. The third-order valence-corrected chi connectivity index (χ3v) is 4.08. The van der Waals surface area contributed by atoms with E-state index in [1.807, 2.05) is 7.05 Å². The minimum absolute atomic E-state index is 0.229. The molecule has 1 atom stereocenters. The third kappa shape index (κ3) is 3.50. The van der Waals surface area contributed by atoms with E-state index < -0.39 is 0 Å². The van der Waals surface area contributed by atoms with Gasteiger partial charge in [-0.2, -0.15) is 0 Å². The highest BCUT2D eigenvalue weighted by atomic mass is 79.9. The molecule has 0 aromatic heterocycles. The summed E-state index contributed by atoms with van der Waals surface area (Å²) in [7, 11) is 2.01. The van der Waals surface area contributed by atoms with Gasteiger partial charge in [-0.05, 0) is 54.3 Å². The van der Waals surface area contributed by atoms with E-state index in [0.717, 1.165) is 4.47 Å². The molecule has 0 fully saturated rings. The number of hydrogen-bond acceptors (Lipinski definition) is 1. The molecular formula is C18H22BrN. The van der Waals surface area contributed by atoms with Crippen LogP contribution in [0, 0.1) is 6.92 Å². The number of benzene rings is 2. The van der Waals surface area contributed by atoms with Crippen LogP contribution in [-0.2, 0) is 0 Å². The maximum atomic E-state index is 3.59. The number of halogens is 1. The fourth-order valence-electron chi connectivity index (χ4n) is 2.53. The smallest absolute Gasteiger partial charge is 0.0574 e. The predicted molar refractivity (Wildman–Crippen MR) is 90.3 cm³/mol. The van der Waals surface area contributed by atoms with Crippen LogP contribution in [0.5, 0.6) is 0 Å². The molecule has 1 N–H and O–H groups in total. The van der Waals surface area contributed by atoms with Crippen molar-refractivity contribution in [2.45, 2.75) is 32.7 Å². The van der Waals surface area contributed by atoms with Gasteiger partial charge in [0.1, 0.15) is 0 Å². The molecule has 2 aromatic carbocycles. The largest absolute Gasteiger partial charge is 0.309 e. The van der Waals surface area contributed by atoms with Gasteiger partial charge in [-0.15, -0.1) is 0 Å². The van der Waals surface area contributed by atoms with E-state index in [-0.39, 0.29) is 6.04 Å². The zero-order valence-electron chi connectivity index (χ0n) is 12.6. The Kier molecular flexibility index (Phi) is 5.00. The van der Waals surface area contributed by atoms with Gasteiger partial charge in [0, 0.05) is 4.47 Å². The first kappa shape index (κ1) is 15.3. The van der Waals surface area contributed by atoms with Gasteiger partial charge in [0.15, 0.2) is 0 Å². The summed E-state index contributed by atoms with van der Waals surface area (Å²) in [5.74, 6) is 0.574. The highest BCUT2D eigenvalue weighted by molar-refractivity contribution is 9.10. The lowest BCUT2D eigenvalue weighted by Gasteiger charge is -2.19. The monoisotopic (exact) mass is 331 g/mol. The number of hydrogen-bond donors (Lipinski definition) is 1. The Balaban J connectivity index is 2.36. The van der Waals surface area contributed by atoms with Gasteiger partial charge in [0.05, 0.1) is 6.04 Å². The molecule has 2 aromatic rings. The van der Waals surface area contributed by atoms with Crippen LogP contribution in [0.25, 0.3) is 0 Å². The lowest BCUT2D eigenvalue weighted by Crippen LogP contribution is -2.17. The van der Waals surface area contributed by atoms with Crippen molar-refractivity contribution in [2.24, 2.45) is 0 Å². The van der Waals surface area contributed by atoms with Crippen molar-refractivity contribution >= 4 is 15.9 Å². The number of nitrogens with one attached hydrogen (secondary N) is 1. The van der Waals surface area contributed by atoms with E-state index in [1.165, 1.54) is 22.3 Å². The molecule has 0 bridgehead atoms. The summed E-state index contributed by atoms with van der Waals surface area (Å²) in [6, 6.07) is 15.7. The molecule has 0 spiro atoms. The van der Waals surface area contributed by atoms with E-state index in [0.29, 0.717) is 5.92 Å². The molecule has 0 aliphatic rings. The first-order chi connectivity index (χ1) is 9.51. The van der Waals surface area contributed by atoms with Crippen molar-refractivity contribution < 1.29 is 0 Å². The van der Waals surface area contributed by atoms with Crippen LogP contribution < -0.4 is 5.32 Å². The van der Waals surface area contributed by atoms with E-state index in [1.54, 1.807) is 0 Å². The van der Waals surface area contributed by atoms with Crippen molar-refractivity contribution in [2.75, 3.05) is 7.05 Å². The average Bonchev–Trinajstić information content (AvgIpc) is 2.39. The zero-order chi connectivity index (χ0) is 14.7. The molecule has 1 unspecified atom stereocenters. The lowest BCUT2D eigenvalue weighted by molar-refractivity contribution is 0.690. The van der Waals surface area contributed by atoms with Crippen molar-refractivity contribution in [3.8, 4) is 0 Å². The highest BCUT2D eigenvalue weighted by Crippen LogP contribution is 2.27. The summed E-state index contributed by atoms with van der Waals surface area (Å²) in [4.78, 5) is 0. The Bertz CT molecular complexity index is 552. The van der Waals surface area contributed by atoms with E-state index in [4.69, 9.17) is 0 Å². The second kappa shape index (κ2) is 6.55. The van der Waals surface area contributed by atoms with Gasteiger partial charge < -0.3 is 5.32 Å². The Morgan fingerprint density at radius 3 is 2.00 bits per heavy atom. The van der Waals surface area contributed by atoms with Crippen LogP contribution in [0.3, 0.4) is 0 Å². The van der Waals surface area contributed by atoms with Gasteiger partial charge in [-0.1, -0.05) is 60.1 Å². The van der Waals surface area contributed by atoms with E-state index >= 15 is 0 Å². The molecule has 0 radical (unpaired) electrons. The summed E-state index contributed by atoms with van der Waals surface area (Å²) in [5, 5.41) is 3.42. The fourth-order valence-corrected chi connectivity index (χ4v) is 3.16. The zero-order valence-corrected chi connectivity index (χ0v) is 14.2. The van der Waals surface area contributed by atoms with Gasteiger partial charge in [0.25, 0.3) is 0 Å². The third-order valence-electron chi connectivity index (χ3n) is 3.62. The lowest BCUT2D eigenvalue weighted by atomic mass is 9.94. The summed E-state index contributed by atoms with van der Waals surface area (Å²) >= 11 is 3.59. The van der Waals surface area contributed by atoms with Gasteiger partial charge in [0.2, 0.25) is 0 Å². The summed E-state index contributed by atoms with van der Waals surface area (Å²) < 4.78 is 1.13. The van der Waals surface area contributed by atoms with Crippen LogP contribution in [0.4, 0.5) is 0 Å². The molecular weight excluding hydrogens is 310 g/mol. The van der Waals surface area contributed by atoms with Crippen LogP contribution in [0.2, 0.25) is 0 Å². The molecule has 0 saturated carbocycles. The van der Waals surface area contributed by atoms with Gasteiger partial charge >= 0.3 is 0 Å². The first-order valence-corrected chi connectivity index (χ1v) is 7.84. The Hall–Kier alpha value is -1.12. The quantitative estimate of drug-likeness (QED) is 0.812. The SMILES string of the molecule is CNC(c1ccc(C(C)C)cc1)c1cc(C)cc(Br)c1. The molecule has 2 rings (SSSR count). The topological polar surface area (TPSA) is 12.0 Å². The van der Waals surface area contributed by atoms with Crippen LogP contribution in [-0.4, -0.2) is 7.05 Å². The minimum atomic E-state index is 0.229. The summed E-state index contributed by atoms with van der Waals surface area (Å²) in [5.41, 5.74) is 5.24. The maximum absolute atomic E-state index is 3.59. The maximum Gasteiger partial charge on any atom is 0.0574 e. The number of aryl methyl sites for hydroxylation is 1. The first-order valence-electron chi connectivity index (χ1n) is 7.05. The molecule has 1 nitrogen and oxygen atoms in total. The van der Waals surface area contributed by atoms with Crippen molar-refractivity contribution in [3.05, 3.63) is 69.2 Å². The molecule has 0 aliphatic heterocycles. The second-order valence-corrected chi connectivity index (χ2v) is 6.52. The van der Waals surface area contributed by atoms with Crippen LogP contribution >= 0.6 is 15.9 Å². The molecule has 0 amide bonds. The van der Waals surface area contributed by atoms with Crippen molar-refractivity contribution in [3.63, 3.8) is 0 Å². The summed E-state index contributed by atoms with van der Waals surface area (Å²) in [6.45, 7) is 6.58. The normalized spacial score (nSPS) is 12.7. The molecule has 0 saturated heterocycles. The predicted octanol–water partition coefficient (Wildman–Crippen LogP) is 5.19. The van der Waals surface area contributed by atoms with E-state index in [9.17, 15) is 0 Å².